The molecule has 0 amide bonds. The molecule has 21 heavy (non-hydrogen) atoms. The second-order valence-corrected chi connectivity index (χ2v) is 5.38. The minimum Gasteiger partial charge on any atom is -0.355 e. The van der Waals surface area contributed by atoms with Gasteiger partial charge in [-0.2, -0.15) is 0 Å². The standard InChI is InChI=1S/C15H18N4O2/c1-16-12-3-2-8-18(10-12)15-7-4-11-9-13(19(20)21)5-6-14(11)17-15/h4-7,9,12,16H,2-3,8,10H2,1H3. The molecule has 1 aromatic carbocycles. The van der Waals surface area contributed by atoms with Crippen LogP contribution in [0.1, 0.15) is 12.8 Å². The average molecular weight is 286 g/mol. The predicted octanol–water partition coefficient (Wildman–Crippen LogP) is 2.33. The Hall–Kier alpha value is -2.21. The third kappa shape index (κ3) is 2.80. The fourth-order valence-electron chi connectivity index (χ4n) is 2.81. The lowest BCUT2D eigenvalue weighted by atomic mass is 10.1. The highest BCUT2D eigenvalue weighted by Crippen LogP contribution is 2.24. The first-order valence-electron chi connectivity index (χ1n) is 7.15. The van der Waals surface area contributed by atoms with Crippen molar-refractivity contribution in [2.75, 3.05) is 25.0 Å². The number of aromatic nitrogens is 1. The van der Waals surface area contributed by atoms with Crippen LogP contribution in [-0.4, -0.2) is 36.1 Å². The molecule has 6 nitrogen and oxygen atoms in total. The molecule has 2 aromatic rings. The van der Waals surface area contributed by atoms with Crippen molar-refractivity contribution in [3.8, 4) is 0 Å². The Balaban J connectivity index is 1.90. The topological polar surface area (TPSA) is 71.3 Å². The summed E-state index contributed by atoms with van der Waals surface area (Å²) in [6.45, 7) is 1.95. The van der Waals surface area contributed by atoms with Gasteiger partial charge in [-0.05, 0) is 38.1 Å². The van der Waals surface area contributed by atoms with Crippen molar-refractivity contribution in [1.82, 2.24) is 10.3 Å². The van der Waals surface area contributed by atoms with Gasteiger partial charge in [-0.15, -0.1) is 0 Å². The lowest BCUT2D eigenvalue weighted by Crippen LogP contribution is -2.44. The molecule has 1 fully saturated rings. The Morgan fingerprint density at radius 2 is 2.24 bits per heavy atom. The summed E-state index contributed by atoms with van der Waals surface area (Å²) in [7, 11) is 1.99. The molecule has 1 unspecified atom stereocenters. The van der Waals surface area contributed by atoms with Crippen molar-refractivity contribution < 1.29 is 4.92 Å². The number of fused-ring (bicyclic) bond motifs is 1. The molecule has 6 heteroatoms. The van der Waals surface area contributed by atoms with E-state index < -0.39 is 0 Å². The maximum Gasteiger partial charge on any atom is 0.270 e. The van der Waals surface area contributed by atoms with E-state index in [1.54, 1.807) is 12.1 Å². The van der Waals surface area contributed by atoms with Crippen LogP contribution >= 0.6 is 0 Å². The molecular weight excluding hydrogens is 268 g/mol. The van der Waals surface area contributed by atoms with Crippen molar-refractivity contribution in [3.05, 3.63) is 40.4 Å². The van der Waals surface area contributed by atoms with Gasteiger partial charge in [0.2, 0.25) is 0 Å². The first-order valence-corrected chi connectivity index (χ1v) is 7.15. The zero-order chi connectivity index (χ0) is 14.8. The van der Waals surface area contributed by atoms with Crippen LogP contribution in [0.15, 0.2) is 30.3 Å². The van der Waals surface area contributed by atoms with Gasteiger partial charge in [-0.25, -0.2) is 4.98 Å². The zero-order valence-corrected chi connectivity index (χ0v) is 12.0. The fraction of sp³-hybridized carbons (Fsp3) is 0.400. The number of benzene rings is 1. The van der Waals surface area contributed by atoms with E-state index in [1.807, 2.05) is 19.2 Å². The van der Waals surface area contributed by atoms with Gasteiger partial charge in [0.1, 0.15) is 5.82 Å². The van der Waals surface area contributed by atoms with E-state index in [1.165, 1.54) is 12.5 Å². The molecule has 0 spiro atoms. The zero-order valence-electron chi connectivity index (χ0n) is 12.0. The SMILES string of the molecule is CNC1CCCN(c2ccc3cc([N+](=O)[O-])ccc3n2)C1. The third-order valence-electron chi connectivity index (χ3n) is 4.02. The normalized spacial score (nSPS) is 18.9. The van der Waals surface area contributed by atoms with Crippen LogP contribution in [0.2, 0.25) is 0 Å². The van der Waals surface area contributed by atoms with Gasteiger partial charge in [0.15, 0.2) is 0 Å². The quantitative estimate of drug-likeness (QED) is 0.692. The molecule has 1 aliphatic heterocycles. The highest BCUT2D eigenvalue weighted by Gasteiger charge is 2.19. The van der Waals surface area contributed by atoms with E-state index in [4.69, 9.17) is 0 Å². The second-order valence-electron chi connectivity index (χ2n) is 5.38. The first kappa shape index (κ1) is 13.8. The van der Waals surface area contributed by atoms with Crippen molar-refractivity contribution in [3.63, 3.8) is 0 Å². The molecule has 3 rings (SSSR count). The first-order chi connectivity index (χ1) is 10.2. The van der Waals surface area contributed by atoms with Gasteiger partial charge >= 0.3 is 0 Å². The van der Waals surface area contributed by atoms with Gasteiger partial charge in [0, 0.05) is 36.7 Å². The monoisotopic (exact) mass is 286 g/mol. The van der Waals surface area contributed by atoms with E-state index in [-0.39, 0.29) is 10.6 Å². The van der Waals surface area contributed by atoms with Crippen LogP contribution in [0.4, 0.5) is 11.5 Å². The Labute approximate surface area is 122 Å². The number of nitrogens with zero attached hydrogens (tertiary/aromatic N) is 3. The van der Waals surface area contributed by atoms with Crippen molar-refractivity contribution in [1.29, 1.82) is 0 Å². The molecular formula is C15H18N4O2. The molecule has 2 heterocycles. The number of rotatable bonds is 3. The number of hydrogen-bond acceptors (Lipinski definition) is 5. The number of nitrogens with one attached hydrogen (secondary N) is 1. The number of pyridine rings is 1. The number of nitro groups is 1. The minimum absolute atomic E-state index is 0.102. The summed E-state index contributed by atoms with van der Waals surface area (Å²) >= 11 is 0. The average Bonchev–Trinajstić information content (AvgIpc) is 2.53. The van der Waals surface area contributed by atoms with E-state index in [0.717, 1.165) is 36.2 Å². The number of non-ortho nitro benzene ring substituents is 1. The van der Waals surface area contributed by atoms with Gasteiger partial charge in [-0.3, -0.25) is 10.1 Å². The van der Waals surface area contributed by atoms with Gasteiger partial charge in [0.05, 0.1) is 10.4 Å². The Morgan fingerprint density at radius 3 is 3.00 bits per heavy atom. The summed E-state index contributed by atoms with van der Waals surface area (Å²) in [4.78, 5) is 17.3. The molecule has 1 N–H and O–H groups in total. The van der Waals surface area contributed by atoms with Crippen LogP contribution in [0.5, 0.6) is 0 Å². The molecule has 0 bridgehead atoms. The summed E-state index contributed by atoms with van der Waals surface area (Å²) in [6.07, 6.45) is 2.33. The van der Waals surface area contributed by atoms with Crippen molar-refractivity contribution >= 4 is 22.4 Å². The van der Waals surface area contributed by atoms with E-state index in [9.17, 15) is 10.1 Å². The molecule has 0 saturated carbocycles. The summed E-state index contributed by atoms with van der Waals surface area (Å²) in [5.74, 6) is 0.941. The number of likely N-dealkylation sites (N-methyl/N-ethyl adjacent to an activating group) is 1. The highest BCUT2D eigenvalue weighted by molar-refractivity contribution is 5.82. The Kier molecular flexibility index (Phi) is 3.70. The van der Waals surface area contributed by atoms with Gasteiger partial charge in [-0.1, -0.05) is 0 Å². The van der Waals surface area contributed by atoms with Crippen LogP contribution in [0.25, 0.3) is 10.9 Å². The summed E-state index contributed by atoms with van der Waals surface area (Å²) < 4.78 is 0. The Bertz CT molecular complexity index is 674. The lowest BCUT2D eigenvalue weighted by Gasteiger charge is -2.33. The van der Waals surface area contributed by atoms with E-state index >= 15 is 0 Å². The van der Waals surface area contributed by atoms with E-state index in [2.05, 4.69) is 15.2 Å². The lowest BCUT2D eigenvalue weighted by molar-refractivity contribution is -0.384. The molecule has 110 valence electrons. The number of hydrogen-bond donors (Lipinski definition) is 1. The molecule has 0 aliphatic carbocycles. The fourth-order valence-corrected chi connectivity index (χ4v) is 2.81. The van der Waals surface area contributed by atoms with Crippen LogP contribution < -0.4 is 10.2 Å². The highest BCUT2D eigenvalue weighted by atomic mass is 16.6. The van der Waals surface area contributed by atoms with Gasteiger partial charge in [0.25, 0.3) is 5.69 Å². The molecule has 0 radical (unpaired) electrons. The Morgan fingerprint density at radius 1 is 1.38 bits per heavy atom. The molecule has 1 aliphatic rings. The summed E-state index contributed by atoms with van der Waals surface area (Å²) in [5.41, 5.74) is 0.898. The van der Waals surface area contributed by atoms with Crippen LogP contribution in [-0.2, 0) is 0 Å². The van der Waals surface area contributed by atoms with E-state index in [0.29, 0.717) is 6.04 Å². The summed E-state index contributed by atoms with van der Waals surface area (Å²) in [6, 6.07) is 9.15. The number of piperidine rings is 1. The maximum absolute atomic E-state index is 10.8. The second kappa shape index (κ2) is 5.65. The number of nitro benzene ring substituents is 1. The minimum atomic E-state index is -0.379. The maximum atomic E-state index is 10.8. The van der Waals surface area contributed by atoms with Gasteiger partial charge < -0.3 is 10.2 Å². The molecule has 1 aromatic heterocycles. The predicted molar refractivity (Wildman–Crippen MR) is 82.7 cm³/mol. The summed E-state index contributed by atoms with van der Waals surface area (Å²) in [5, 5.41) is 14.9. The van der Waals surface area contributed by atoms with Crippen molar-refractivity contribution in [2.45, 2.75) is 18.9 Å². The van der Waals surface area contributed by atoms with Crippen LogP contribution in [0.3, 0.4) is 0 Å². The van der Waals surface area contributed by atoms with Crippen molar-refractivity contribution in [2.24, 2.45) is 0 Å². The molecule has 1 saturated heterocycles. The largest absolute Gasteiger partial charge is 0.355 e. The third-order valence-corrected chi connectivity index (χ3v) is 4.02. The smallest absolute Gasteiger partial charge is 0.270 e. The molecule has 1 atom stereocenters. The van der Waals surface area contributed by atoms with Crippen LogP contribution in [0, 0.1) is 10.1 Å². The number of anilines is 1.